The molecule has 0 aliphatic carbocycles. The highest BCUT2D eigenvalue weighted by Crippen LogP contribution is 2.24. The van der Waals surface area contributed by atoms with E-state index in [1.807, 2.05) is 29.1 Å². The first-order chi connectivity index (χ1) is 16.0. The summed E-state index contributed by atoms with van der Waals surface area (Å²) in [5.41, 5.74) is 0.416. The molecule has 0 atom stereocenters. The van der Waals surface area contributed by atoms with Gasteiger partial charge in [-0.25, -0.2) is 8.42 Å². The smallest absolute Gasteiger partial charge is 0.261 e. The summed E-state index contributed by atoms with van der Waals surface area (Å²) in [4.78, 5) is 0.156. The number of nitrogens with one attached hydrogen (secondary N) is 1. The fourth-order valence-electron chi connectivity index (χ4n) is 2.97. The molecule has 1 N–H and O–H groups in total. The Morgan fingerprint density at radius 3 is 2.21 bits per heavy atom. The zero-order chi connectivity index (χ0) is 23.1. The van der Waals surface area contributed by atoms with E-state index < -0.39 is 10.0 Å². The fourth-order valence-corrected chi connectivity index (χ4v) is 4.03. The first-order valence-corrected chi connectivity index (χ1v) is 12.0. The van der Waals surface area contributed by atoms with E-state index in [4.69, 9.17) is 9.47 Å². The van der Waals surface area contributed by atoms with Crippen LogP contribution in [0.3, 0.4) is 0 Å². The summed E-state index contributed by atoms with van der Waals surface area (Å²) in [6.45, 7) is 2.69. The number of hydrogen-bond donors (Lipinski definition) is 1. The van der Waals surface area contributed by atoms with Crippen LogP contribution in [0, 0.1) is 0 Å². The predicted molar refractivity (Wildman–Crippen MR) is 126 cm³/mol. The van der Waals surface area contributed by atoms with E-state index in [1.54, 1.807) is 48.5 Å². The largest absolute Gasteiger partial charge is 0.494 e. The van der Waals surface area contributed by atoms with Crippen LogP contribution in [0.25, 0.3) is 5.82 Å². The highest BCUT2D eigenvalue weighted by molar-refractivity contribution is 7.92. The van der Waals surface area contributed by atoms with Gasteiger partial charge < -0.3 is 14.0 Å². The van der Waals surface area contributed by atoms with Crippen molar-refractivity contribution in [2.75, 3.05) is 11.3 Å². The van der Waals surface area contributed by atoms with E-state index in [-0.39, 0.29) is 4.90 Å². The van der Waals surface area contributed by atoms with Crippen LogP contribution < -0.4 is 14.2 Å². The van der Waals surface area contributed by atoms with Crippen molar-refractivity contribution >= 4 is 15.7 Å². The topological polar surface area (TPSA) is 95.3 Å². The van der Waals surface area contributed by atoms with Gasteiger partial charge in [0.25, 0.3) is 10.0 Å². The predicted octanol–water partition coefficient (Wildman–Crippen LogP) is 5.04. The first-order valence-electron chi connectivity index (χ1n) is 10.5. The number of nitrogens with zero attached hydrogens (tertiary/aromatic N) is 3. The Hall–Kier alpha value is -3.85. The average molecular weight is 465 g/mol. The maximum absolute atomic E-state index is 12.7. The van der Waals surface area contributed by atoms with Gasteiger partial charge in [0.2, 0.25) is 5.88 Å². The summed E-state index contributed by atoms with van der Waals surface area (Å²) in [5.74, 6) is 2.17. The minimum absolute atomic E-state index is 0.156. The molecule has 4 aromatic rings. The van der Waals surface area contributed by atoms with Gasteiger partial charge in [-0.05, 0) is 73.2 Å². The third-order valence-corrected chi connectivity index (χ3v) is 6.12. The van der Waals surface area contributed by atoms with Crippen molar-refractivity contribution in [3.63, 3.8) is 0 Å². The quantitative estimate of drug-likeness (QED) is 0.330. The van der Waals surface area contributed by atoms with Gasteiger partial charge in [0.15, 0.2) is 5.82 Å². The van der Waals surface area contributed by atoms with Crippen molar-refractivity contribution < 1.29 is 17.9 Å². The second kappa shape index (κ2) is 10.2. The minimum Gasteiger partial charge on any atom is -0.494 e. The molecule has 9 heteroatoms. The summed E-state index contributed by atoms with van der Waals surface area (Å²) in [5, 5.41) is 8.20. The second-order valence-corrected chi connectivity index (χ2v) is 8.91. The fraction of sp³-hybridized carbons (Fsp3) is 0.167. The number of rotatable bonds is 10. The van der Waals surface area contributed by atoms with Gasteiger partial charge in [0.1, 0.15) is 11.5 Å². The Bertz CT molecular complexity index is 1260. The molecule has 2 aromatic heterocycles. The van der Waals surface area contributed by atoms with Gasteiger partial charge in [-0.15, -0.1) is 10.2 Å². The van der Waals surface area contributed by atoms with Crippen LogP contribution in [0.1, 0.15) is 19.8 Å². The van der Waals surface area contributed by atoms with Crippen molar-refractivity contribution in [3.8, 4) is 23.2 Å². The number of unbranched alkanes of at least 4 members (excludes halogenated alkanes) is 1. The molecule has 0 radical (unpaired) electrons. The molecule has 0 aliphatic heterocycles. The lowest BCUT2D eigenvalue weighted by Gasteiger charge is -2.10. The number of ether oxygens (including phenoxy) is 2. The maximum Gasteiger partial charge on any atom is 0.261 e. The molecular weight excluding hydrogens is 440 g/mol. The van der Waals surface area contributed by atoms with Crippen LogP contribution in [-0.4, -0.2) is 29.8 Å². The Morgan fingerprint density at radius 1 is 0.879 bits per heavy atom. The monoisotopic (exact) mass is 464 g/mol. The summed E-state index contributed by atoms with van der Waals surface area (Å²) < 4.78 is 41.0. The lowest BCUT2D eigenvalue weighted by molar-refractivity contribution is 0.309. The summed E-state index contributed by atoms with van der Waals surface area (Å²) in [6, 6.07) is 20.2. The zero-order valence-electron chi connectivity index (χ0n) is 18.1. The van der Waals surface area contributed by atoms with Crippen molar-refractivity contribution in [2.45, 2.75) is 24.7 Å². The highest BCUT2D eigenvalue weighted by atomic mass is 32.2. The molecule has 0 bridgehead atoms. The molecule has 0 fully saturated rings. The molecule has 0 amide bonds. The summed E-state index contributed by atoms with van der Waals surface area (Å²) in [6.07, 6.45) is 5.74. The number of hydrogen-bond acceptors (Lipinski definition) is 6. The number of benzene rings is 2. The third-order valence-electron chi connectivity index (χ3n) is 4.72. The van der Waals surface area contributed by atoms with E-state index in [2.05, 4.69) is 21.8 Å². The second-order valence-electron chi connectivity index (χ2n) is 7.23. The van der Waals surface area contributed by atoms with Gasteiger partial charge in [-0.3, -0.25) is 4.72 Å². The van der Waals surface area contributed by atoms with Crippen LogP contribution in [-0.2, 0) is 10.0 Å². The molecule has 0 unspecified atom stereocenters. The molecule has 2 aromatic carbocycles. The maximum atomic E-state index is 12.7. The van der Waals surface area contributed by atoms with Crippen LogP contribution in [0.15, 0.2) is 90.1 Å². The lowest BCUT2D eigenvalue weighted by atomic mass is 10.3. The number of sulfonamides is 1. The van der Waals surface area contributed by atoms with E-state index in [9.17, 15) is 8.42 Å². The molecule has 0 saturated carbocycles. The molecule has 4 rings (SSSR count). The van der Waals surface area contributed by atoms with Crippen molar-refractivity contribution in [3.05, 3.63) is 85.2 Å². The molecule has 33 heavy (non-hydrogen) atoms. The van der Waals surface area contributed by atoms with Gasteiger partial charge >= 0.3 is 0 Å². The van der Waals surface area contributed by atoms with Gasteiger partial charge in [0.05, 0.1) is 11.5 Å². The van der Waals surface area contributed by atoms with Crippen LogP contribution in [0.2, 0.25) is 0 Å². The average Bonchev–Trinajstić information content (AvgIpc) is 3.36. The zero-order valence-corrected chi connectivity index (χ0v) is 18.9. The Morgan fingerprint density at radius 2 is 1.58 bits per heavy atom. The van der Waals surface area contributed by atoms with Crippen molar-refractivity contribution in [1.82, 2.24) is 14.8 Å². The minimum atomic E-state index is -3.72. The summed E-state index contributed by atoms with van der Waals surface area (Å²) >= 11 is 0. The molecule has 0 aliphatic rings. The van der Waals surface area contributed by atoms with E-state index >= 15 is 0 Å². The molecule has 170 valence electrons. The molecule has 0 saturated heterocycles. The van der Waals surface area contributed by atoms with Crippen LogP contribution in [0.5, 0.6) is 17.4 Å². The van der Waals surface area contributed by atoms with E-state index in [0.29, 0.717) is 35.5 Å². The molecular formula is C24H24N4O4S. The molecule has 0 spiro atoms. The lowest BCUT2D eigenvalue weighted by Crippen LogP contribution is -2.12. The number of anilines is 1. The number of aromatic nitrogens is 3. The standard InChI is InChI=1S/C24H24N4O4S/c1-2-3-18-31-20-10-12-22(13-11-20)33(29,30)27-19-6-8-21(9-7-19)32-24-15-14-23(25-26-24)28-16-4-5-17-28/h4-17,27H,2-3,18H2,1H3. The Balaban J connectivity index is 1.36. The normalized spacial score (nSPS) is 11.2. The molecule has 2 heterocycles. The van der Waals surface area contributed by atoms with Crippen molar-refractivity contribution in [1.29, 1.82) is 0 Å². The van der Waals surface area contributed by atoms with Gasteiger partial charge in [-0.2, -0.15) is 0 Å². The van der Waals surface area contributed by atoms with E-state index in [0.717, 1.165) is 12.8 Å². The summed E-state index contributed by atoms with van der Waals surface area (Å²) in [7, 11) is -3.72. The first kappa shape index (κ1) is 22.3. The van der Waals surface area contributed by atoms with Crippen molar-refractivity contribution in [2.24, 2.45) is 0 Å². The van der Waals surface area contributed by atoms with E-state index in [1.165, 1.54) is 12.1 Å². The third kappa shape index (κ3) is 5.89. The van der Waals surface area contributed by atoms with Crippen LogP contribution >= 0.6 is 0 Å². The Labute approximate surface area is 192 Å². The molecule has 8 nitrogen and oxygen atoms in total. The Kier molecular flexibility index (Phi) is 6.89. The van der Waals surface area contributed by atoms with Crippen LogP contribution in [0.4, 0.5) is 5.69 Å². The van der Waals surface area contributed by atoms with Gasteiger partial charge in [-0.1, -0.05) is 13.3 Å². The van der Waals surface area contributed by atoms with Gasteiger partial charge in [0, 0.05) is 24.1 Å². The SMILES string of the molecule is CCCCOc1ccc(S(=O)(=O)Nc2ccc(Oc3ccc(-n4cccc4)nn3)cc2)cc1. The highest BCUT2D eigenvalue weighted by Gasteiger charge is 2.14.